The number of alkyl halides is 3. The van der Waals surface area contributed by atoms with E-state index in [0.717, 1.165) is 41.8 Å². The van der Waals surface area contributed by atoms with E-state index in [1.165, 1.54) is 30.2 Å². The second-order valence-electron chi connectivity index (χ2n) is 12.8. The first kappa shape index (κ1) is 33.0. The third-order valence-electron chi connectivity index (χ3n) is 8.80. The Morgan fingerprint density at radius 1 is 1.07 bits per heavy atom. The third kappa shape index (κ3) is 6.45. The van der Waals surface area contributed by atoms with Crippen molar-refractivity contribution in [3.8, 4) is 16.9 Å². The first-order valence-corrected chi connectivity index (χ1v) is 14.8. The molecule has 46 heavy (non-hydrogen) atoms. The minimum absolute atomic E-state index is 0.0391. The molecular weight excluding hydrogens is 609 g/mol. The predicted octanol–water partition coefficient (Wildman–Crippen LogP) is 9.21. The smallest absolute Gasteiger partial charge is 0.416 e. The highest BCUT2D eigenvalue weighted by Gasteiger charge is 2.42. The number of amides is 1. The molecule has 3 aromatic carbocycles. The summed E-state index contributed by atoms with van der Waals surface area (Å²) in [6, 6.07) is 9.14. The van der Waals surface area contributed by atoms with Gasteiger partial charge in [-0.25, -0.2) is 18.4 Å². The normalized spacial score (nSPS) is 19.8. The van der Waals surface area contributed by atoms with E-state index in [2.05, 4.69) is 13.8 Å². The maximum absolute atomic E-state index is 15.4. The molecule has 0 saturated carbocycles. The van der Waals surface area contributed by atoms with Gasteiger partial charge in [-0.3, -0.25) is 4.90 Å². The van der Waals surface area contributed by atoms with Gasteiger partial charge in [0.2, 0.25) is 0 Å². The Balaban J connectivity index is 1.56. The van der Waals surface area contributed by atoms with Crippen LogP contribution in [0.2, 0.25) is 0 Å². The van der Waals surface area contributed by atoms with Crippen molar-refractivity contribution in [3.05, 3.63) is 93.6 Å². The lowest BCUT2D eigenvalue weighted by atomic mass is 9.72. The number of halogens is 5. The van der Waals surface area contributed by atoms with Crippen molar-refractivity contribution in [1.82, 2.24) is 4.90 Å². The van der Waals surface area contributed by atoms with Crippen LogP contribution in [0.25, 0.3) is 16.7 Å². The van der Waals surface area contributed by atoms with Crippen molar-refractivity contribution in [2.24, 2.45) is 5.41 Å². The number of methoxy groups -OCH3 is 1. The summed E-state index contributed by atoms with van der Waals surface area (Å²) in [4.78, 5) is 26.0. The standard InChI is InChI=1S/C35H34F5NO5/c1-18-10-21(12-23(11-18)35(38,39)40)31-19(2)41(33(44)46-31)17-22-16-34(3,4)9-8-24(22)27-14-26(29(37)15-30(27)45-5)20-6-7-25(32(42)43)28(36)13-20/h6-7,10-15,19,31H,8-9,16-17H2,1-5H3,(H,42,43)/t19-,31-/m0/s1. The molecule has 1 heterocycles. The van der Waals surface area contributed by atoms with Gasteiger partial charge in [0, 0.05) is 23.7 Å². The monoisotopic (exact) mass is 643 g/mol. The molecule has 0 aromatic heterocycles. The van der Waals surface area contributed by atoms with E-state index < -0.39 is 53.1 Å². The zero-order valence-electron chi connectivity index (χ0n) is 26.0. The van der Waals surface area contributed by atoms with Gasteiger partial charge in [-0.15, -0.1) is 0 Å². The van der Waals surface area contributed by atoms with Gasteiger partial charge in [-0.2, -0.15) is 13.2 Å². The molecular formula is C35H34F5NO5. The Labute approximate surface area is 263 Å². The van der Waals surface area contributed by atoms with Gasteiger partial charge < -0.3 is 14.6 Å². The Morgan fingerprint density at radius 2 is 1.78 bits per heavy atom. The summed E-state index contributed by atoms with van der Waals surface area (Å²) in [6.07, 6.45) is -4.28. The zero-order chi connectivity index (χ0) is 33.7. The molecule has 11 heteroatoms. The quantitative estimate of drug-likeness (QED) is 0.260. The van der Waals surface area contributed by atoms with Crippen molar-refractivity contribution in [3.63, 3.8) is 0 Å². The minimum atomic E-state index is -4.56. The number of carbonyl (C=O) groups excluding carboxylic acids is 1. The molecule has 0 spiro atoms. The second kappa shape index (κ2) is 12.1. The average Bonchev–Trinajstić information content (AvgIpc) is 3.24. The fourth-order valence-corrected chi connectivity index (χ4v) is 6.43. The molecule has 6 nitrogen and oxygen atoms in total. The number of aromatic carboxylic acids is 1. The number of hydrogen-bond donors (Lipinski definition) is 1. The van der Waals surface area contributed by atoms with Crippen LogP contribution >= 0.6 is 0 Å². The van der Waals surface area contributed by atoms with Gasteiger partial charge in [0.05, 0.1) is 24.3 Å². The maximum Gasteiger partial charge on any atom is 0.416 e. The molecule has 244 valence electrons. The molecule has 3 aromatic rings. The molecule has 2 aliphatic rings. The van der Waals surface area contributed by atoms with E-state index in [9.17, 15) is 32.3 Å². The SMILES string of the molecule is COc1cc(F)c(-c2ccc(C(=O)O)c(F)c2)cc1C1=C(CN2C(=O)O[C@H](c3cc(C)cc(C(F)(F)F)c3)[C@@H]2C)CC(C)(C)CC1. The summed E-state index contributed by atoms with van der Waals surface area (Å²) in [5, 5.41) is 9.21. The topological polar surface area (TPSA) is 76.1 Å². The highest BCUT2D eigenvalue weighted by molar-refractivity contribution is 5.89. The maximum atomic E-state index is 15.4. The summed E-state index contributed by atoms with van der Waals surface area (Å²) in [7, 11) is 1.40. The van der Waals surface area contributed by atoms with Crippen molar-refractivity contribution in [2.75, 3.05) is 13.7 Å². The fourth-order valence-electron chi connectivity index (χ4n) is 6.43. The lowest BCUT2D eigenvalue weighted by molar-refractivity contribution is -0.137. The number of hydrogen-bond acceptors (Lipinski definition) is 4. The largest absolute Gasteiger partial charge is 0.496 e. The van der Waals surface area contributed by atoms with Crippen LogP contribution < -0.4 is 4.74 Å². The Morgan fingerprint density at radius 3 is 2.41 bits per heavy atom. The van der Waals surface area contributed by atoms with Crippen LogP contribution in [0.4, 0.5) is 26.7 Å². The average molecular weight is 644 g/mol. The highest BCUT2D eigenvalue weighted by Crippen LogP contribution is 2.47. The fraction of sp³-hybridized carbons (Fsp3) is 0.371. The van der Waals surface area contributed by atoms with E-state index in [-0.39, 0.29) is 34.4 Å². The first-order valence-electron chi connectivity index (χ1n) is 14.8. The molecule has 1 aliphatic heterocycles. The van der Waals surface area contributed by atoms with Crippen molar-refractivity contribution in [1.29, 1.82) is 0 Å². The molecule has 1 N–H and O–H groups in total. The minimum Gasteiger partial charge on any atom is -0.496 e. The van der Waals surface area contributed by atoms with Crippen LogP contribution in [0.15, 0.2) is 54.1 Å². The number of benzene rings is 3. The molecule has 1 amide bonds. The zero-order valence-corrected chi connectivity index (χ0v) is 26.0. The molecule has 1 saturated heterocycles. The summed E-state index contributed by atoms with van der Waals surface area (Å²) in [5.74, 6) is -2.92. The van der Waals surface area contributed by atoms with Crippen LogP contribution in [0.3, 0.4) is 0 Å². The number of aryl methyl sites for hydroxylation is 1. The second-order valence-corrected chi connectivity index (χ2v) is 12.8. The van der Waals surface area contributed by atoms with Gasteiger partial charge in [-0.05, 0) is 91.1 Å². The summed E-state index contributed by atoms with van der Waals surface area (Å²) >= 11 is 0. The van der Waals surface area contributed by atoms with Gasteiger partial charge in [0.15, 0.2) is 0 Å². The number of carbonyl (C=O) groups is 2. The van der Waals surface area contributed by atoms with E-state index in [1.807, 2.05) is 0 Å². The first-order chi connectivity index (χ1) is 21.5. The molecule has 0 bridgehead atoms. The lowest BCUT2D eigenvalue weighted by Gasteiger charge is -2.36. The van der Waals surface area contributed by atoms with Gasteiger partial charge >= 0.3 is 18.2 Å². The van der Waals surface area contributed by atoms with Crippen LogP contribution in [0, 0.1) is 24.0 Å². The lowest BCUT2D eigenvalue weighted by Crippen LogP contribution is -2.35. The van der Waals surface area contributed by atoms with E-state index >= 15 is 4.39 Å². The summed E-state index contributed by atoms with van der Waals surface area (Å²) < 4.78 is 81.9. The highest BCUT2D eigenvalue weighted by atomic mass is 19.4. The Bertz CT molecular complexity index is 1750. The number of nitrogens with zero attached hydrogens (tertiary/aromatic N) is 1. The van der Waals surface area contributed by atoms with Crippen molar-refractivity contribution in [2.45, 2.75) is 65.3 Å². The number of ether oxygens (including phenoxy) is 2. The number of cyclic esters (lactones) is 1. The molecule has 2 atom stereocenters. The number of rotatable bonds is 7. The summed E-state index contributed by atoms with van der Waals surface area (Å²) in [5.41, 5.74) is 1.50. The number of carboxylic acid groups (broad SMARTS) is 1. The van der Waals surface area contributed by atoms with Crippen molar-refractivity contribution < 1.29 is 46.1 Å². The van der Waals surface area contributed by atoms with Crippen LogP contribution in [0.5, 0.6) is 5.75 Å². The Hall–Kier alpha value is -4.41. The molecule has 1 fully saturated rings. The van der Waals surface area contributed by atoms with E-state index in [1.54, 1.807) is 19.9 Å². The molecule has 1 aliphatic carbocycles. The molecule has 0 unspecified atom stereocenters. The van der Waals surface area contributed by atoms with Crippen LogP contribution in [-0.4, -0.2) is 41.8 Å². The predicted molar refractivity (Wildman–Crippen MR) is 161 cm³/mol. The van der Waals surface area contributed by atoms with E-state index in [4.69, 9.17) is 9.47 Å². The van der Waals surface area contributed by atoms with Gasteiger partial charge in [0.25, 0.3) is 0 Å². The van der Waals surface area contributed by atoms with Crippen LogP contribution in [-0.2, 0) is 10.9 Å². The number of carboxylic acids is 1. The molecule has 5 rings (SSSR count). The third-order valence-corrected chi connectivity index (χ3v) is 8.80. The van der Waals surface area contributed by atoms with E-state index in [0.29, 0.717) is 24.0 Å². The summed E-state index contributed by atoms with van der Waals surface area (Å²) in [6.45, 7) is 7.57. The van der Waals surface area contributed by atoms with Crippen molar-refractivity contribution >= 4 is 17.6 Å². The number of allylic oxidation sites excluding steroid dienone is 1. The Kier molecular flexibility index (Phi) is 8.65. The molecule has 0 radical (unpaired) electrons. The van der Waals surface area contributed by atoms with Crippen LogP contribution in [0.1, 0.15) is 78.7 Å². The van der Waals surface area contributed by atoms with Gasteiger partial charge in [0.1, 0.15) is 23.5 Å². The van der Waals surface area contributed by atoms with Gasteiger partial charge in [-0.1, -0.05) is 31.5 Å².